The number of nitrogens with zero attached hydrogens (tertiary/aromatic N) is 1. The monoisotopic (exact) mass is 476 g/mol. The van der Waals surface area contributed by atoms with Crippen molar-refractivity contribution in [3.05, 3.63) is 94.8 Å². The van der Waals surface area contributed by atoms with Crippen molar-refractivity contribution in [3.8, 4) is 5.75 Å². The Balaban J connectivity index is 1.82. The summed E-state index contributed by atoms with van der Waals surface area (Å²) >= 11 is 6.21. The van der Waals surface area contributed by atoms with Crippen LogP contribution in [0.1, 0.15) is 11.1 Å². The van der Waals surface area contributed by atoms with Crippen LogP contribution in [0.2, 0.25) is 5.02 Å². The third-order valence-corrected chi connectivity index (χ3v) is 6.92. The van der Waals surface area contributed by atoms with Gasteiger partial charge in [0.25, 0.3) is 0 Å². The van der Waals surface area contributed by atoms with Crippen LogP contribution in [0.4, 0.5) is 4.39 Å². The average molecular weight is 477 g/mol. The molecule has 0 aliphatic rings. The summed E-state index contributed by atoms with van der Waals surface area (Å²) in [4.78, 5) is 12.6. The highest BCUT2D eigenvalue weighted by atomic mass is 35.5. The Labute approximate surface area is 191 Å². The molecule has 6 nitrogen and oxygen atoms in total. The van der Waals surface area contributed by atoms with E-state index in [4.69, 9.17) is 16.3 Å². The number of para-hydroxylation sites is 1. The summed E-state index contributed by atoms with van der Waals surface area (Å²) in [6.07, 6.45) is 0. The van der Waals surface area contributed by atoms with Gasteiger partial charge in [-0.3, -0.25) is 4.79 Å². The number of nitrogens with one attached hydrogen (secondary N) is 1. The molecule has 32 heavy (non-hydrogen) atoms. The van der Waals surface area contributed by atoms with Gasteiger partial charge < -0.3 is 10.1 Å². The van der Waals surface area contributed by atoms with E-state index in [1.807, 2.05) is 12.1 Å². The number of hydrogen-bond donors (Lipinski definition) is 1. The van der Waals surface area contributed by atoms with Crippen LogP contribution in [-0.2, 0) is 27.9 Å². The Bertz CT molecular complexity index is 1190. The van der Waals surface area contributed by atoms with E-state index < -0.39 is 28.3 Å². The molecule has 168 valence electrons. The highest BCUT2D eigenvalue weighted by molar-refractivity contribution is 7.89. The van der Waals surface area contributed by atoms with E-state index in [-0.39, 0.29) is 18.0 Å². The van der Waals surface area contributed by atoms with Gasteiger partial charge in [0.05, 0.1) is 18.6 Å². The third-order valence-electron chi connectivity index (χ3n) is 4.74. The maximum atomic E-state index is 13.3. The minimum absolute atomic E-state index is 0.122. The van der Waals surface area contributed by atoms with E-state index in [2.05, 4.69) is 5.32 Å². The van der Waals surface area contributed by atoms with Gasteiger partial charge in [0.15, 0.2) is 0 Å². The van der Waals surface area contributed by atoms with Crippen molar-refractivity contribution in [1.29, 1.82) is 0 Å². The van der Waals surface area contributed by atoms with E-state index in [1.165, 1.54) is 7.11 Å². The molecule has 1 N–H and O–H groups in total. The van der Waals surface area contributed by atoms with Gasteiger partial charge in [-0.1, -0.05) is 48.0 Å². The number of halogens is 2. The molecular formula is C23H22ClFN2O4S. The van der Waals surface area contributed by atoms with Gasteiger partial charge in [-0.15, -0.1) is 0 Å². The lowest BCUT2D eigenvalue weighted by atomic mass is 10.2. The van der Waals surface area contributed by atoms with Crippen LogP contribution in [0.3, 0.4) is 0 Å². The van der Waals surface area contributed by atoms with Gasteiger partial charge in [0, 0.05) is 23.7 Å². The molecule has 0 radical (unpaired) electrons. The third kappa shape index (κ3) is 5.85. The van der Waals surface area contributed by atoms with Crippen molar-refractivity contribution < 1.29 is 22.3 Å². The minimum atomic E-state index is -4.10. The summed E-state index contributed by atoms with van der Waals surface area (Å²) in [6.45, 7) is -0.402. The normalized spacial score (nSPS) is 11.4. The van der Waals surface area contributed by atoms with Crippen molar-refractivity contribution >= 4 is 27.5 Å². The molecule has 0 spiro atoms. The zero-order valence-electron chi connectivity index (χ0n) is 17.3. The summed E-state index contributed by atoms with van der Waals surface area (Å²) in [5.74, 6) is -0.454. The summed E-state index contributed by atoms with van der Waals surface area (Å²) in [6, 6.07) is 18.4. The van der Waals surface area contributed by atoms with E-state index in [1.54, 1.807) is 36.4 Å². The molecular weight excluding hydrogens is 455 g/mol. The average Bonchev–Trinajstić information content (AvgIpc) is 2.79. The van der Waals surface area contributed by atoms with Crippen molar-refractivity contribution in [2.24, 2.45) is 0 Å². The summed E-state index contributed by atoms with van der Waals surface area (Å²) in [5.41, 5.74) is 1.29. The number of carbonyl (C=O) groups excluding carboxylic acids is 1. The number of sulfonamides is 1. The predicted molar refractivity (Wildman–Crippen MR) is 120 cm³/mol. The molecule has 1 amide bonds. The van der Waals surface area contributed by atoms with Crippen LogP contribution < -0.4 is 10.1 Å². The van der Waals surface area contributed by atoms with Crippen molar-refractivity contribution in [3.63, 3.8) is 0 Å². The standard InChI is InChI=1S/C23H22ClFN2O4S/c1-31-22-9-5-3-6-17(22)14-26-23(28)16-27(15-18-7-2-4-8-21(18)24)32(29,30)20-12-10-19(25)11-13-20/h2-13H,14-16H2,1H3,(H,26,28). The minimum Gasteiger partial charge on any atom is -0.496 e. The fourth-order valence-electron chi connectivity index (χ4n) is 3.06. The first-order valence-corrected chi connectivity index (χ1v) is 11.5. The number of carbonyl (C=O) groups is 1. The van der Waals surface area contributed by atoms with Crippen LogP contribution in [0, 0.1) is 5.82 Å². The Morgan fingerprint density at radius 2 is 1.62 bits per heavy atom. The lowest BCUT2D eigenvalue weighted by Crippen LogP contribution is -2.40. The second kappa shape index (κ2) is 10.6. The fourth-order valence-corrected chi connectivity index (χ4v) is 4.63. The first kappa shape index (κ1) is 23.7. The van der Waals surface area contributed by atoms with Crippen LogP contribution in [0.25, 0.3) is 0 Å². The fraction of sp³-hybridized carbons (Fsp3) is 0.174. The summed E-state index contributed by atoms with van der Waals surface area (Å²) < 4.78 is 46.1. The molecule has 0 atom stereocenters. The molecule has 0 heterocycles. The first-order chi connectivity index (χ1) is 15.3. The van der Waals surface area contributed by atoms with E-state index in [0.29, 0.717) is 16.3 Å². The number of rotatable bonds is 9. The van der Waals surface area contributed by atoms with Crippen LogP contribution in [0.5, 0.6) is 5.75 Å². The van der Waals surface area contributed by atoms with Crippen molar-refractivity contribution in [2.45, 2.75) is 18.0 Å². The molecule has 0 bridgehead atoms. The summed E-state index contributed by atoms with van der Waals surface area (Å²) in [7, 11) is -2.57. The molecule has 0 aromatic heterocycles. The quantitative estimate of drug-likeness (QED) is 0.506. The van der Waals surface area contributed by atoms with Gasteiger partial charge in [0.1, 0.15) is 11.6 Å². The molecule has 0 aliphatic heterocycles. The molecule has 0 saturated carbocycles. The lowest BCUT2D eigenvalue weighted by Gasteiger charge is -2.22. The number of amides is 1. The molecule has 3 aromatic carbocycles. The van der Waals surface area contributed by atoms with E-state index >= 15 is 0 Å². The van der Waals surface area contributed by atoms with Crippen molar-refractivity contribution in [2.75, 3.05) is 13.7 Å². The van der Waals surface area contributed by atoms with Gasteiger partial charge in [-0.2, -0.15) is 4.31 Å². The number of ether oxygens (including phenoxy) is 1. The summed E-state index contributed by atoms with van der Waals surface area (Å²) in [5, 5.41) is 3.10. The zero-order valence-corrected chi connectivity index (χ0v) is 18.9. The van der Waals surface area contributed by atoms with E-state index in [9.17, 15) is 17.6 Å². The Kier molecular flexibility index (Phi) is 7.84. The molecule has 3 rings (SSSR count). The molecule has 0 aliphatic carbocycles. The molecule has 0 unspecified atom stereocenters. The maximum Gasteiger partial charge on any atom is 0.243 e. The van der Waals surface area contributed by atoms with Crippen LogP contribution in [0.15, 0.2) is 77.7 Å². The maximum absolute atomic E-state index is 13.3. The Morgan fingerprint density at radius 1 is 1.00 bits per heavy atom. The zero-order chi connectivity index (χ0) is 23.1. The molecule has 3 aromatic rings. The SMILES string of the molecule is COc1ccccc1CNC(=O)CN(Cc1ccccc1Cl)S(=O)(=O)c1ccc(F)cc1. The van der Waals surface area contributed by atoms with Crippen LogP contribution in [-0.4, -0.2) is 32.3 Å². The highest BCUT2D eigenvalue weighted by Gasteiger charge is 2.27. The van der Waals surface area contributed by atoms with Gasteiger partial charge in [0.2, 0.25) is 15.9 Å². The first-order valence-electron chi connectivity index (χ1n) is 9.69. The molecule has 0 fully saturated rings. The van der Waals surface area contributed by atoms with Crippen molar-refractivity contribution in [1.82, 2.24) is 9.62 Å². The van der Waals surface area contributed by atoms with Crippen LogP contribution >= 0.6 is 11.6 Å². The molecule has 0 saturated heterocycles. The second-order valence-corrected chi connectivity index (χ2v) is 9.25. The van der Waals surface area contributed by atoms with Gasteiger partial charge >= 0.3 is 0 Å². The van der Waals surface area contributed by atoms with E-state index in [0.717, 1.165) is 34.1 Å². The topological polar surface area (TPSA) is 75.7 Å². The smallest absolute Gasteiger partial charge is 0.243 e. The number of hydrogen-bond acceptors (Lipinski definition) is 4. The van der Waals surface area contributed by atoms with Gasteiger partial charge in [-0.05, 0) is 42.0 Å². The number of benzene rings is 3. The lowest BCUT2D eigenvalue weighted by molar-refractivity contribution is -0.121. The predicted octanol–water partition coefficient (Wildman–Crippen LogP) is 4.00. The largest absolute Gasteiger partial charge is 0.496 e. The van der Waals surface area contributed by atoms with Gasteiger partial charge in [-0.25, -0.2) is 12.8 Å². The second-order valence-electron chi connectivity index (χ2n) is 6.91. The number of methoxy groups -OCH3 is 1. The Hall–Kier alpha value is -2.94. The highest BCUT2D eigenvalue weighted by Crippen LogP contribution is 2.23. The Morgan fingerprint density at radius 3 is 2.28 bits per heavy atom. The molecule has 9 heteroatoms.